The van der Waals surface area contributed by atoms with Crippen LogP contribution in [0.15, 0.2) is 41.1 Å². The van der Waals surface area contributed by atoms with Gasteiger partial charge in [-0.15, -0.1) is 0 Å². The number of halogens is 1. The highest BCUT2D eigenvalue weighted by atomic mass is 35.5. The molecule has 2 N–H and O–H groups in total. The van der Waals surface area contributed by atoms with Crippen LogP contribution in [-0.2, 0) is 4.79 Å². The molecule has 28 heavy (non-hydrogen) atoms. The molecule has 2 amide bonds. The quantitative estimate of drug-likeness (QED) is 0.802. The number of nitrogens with zero attached hydrogens (tertiary/aromatic N) is 2. The van der Waals surface area contributed by atoms with Crippen LogP contribution in [0.1, 0.15) is 42.7 Å². The van der Waals surface area contributed by atoms with Crippen LogP contribution < -0.4 is 10.6 Å². The molecule has 0 spiro atoms. The minimum atomic E-state index is -0.231. The van der Waals surface area contributed by atoms with Gasteiger partial charge in [-0.2, -0.15) is 0 Å². The SMILES string of the molecule is O=C(CN1C2CCCC1CC(NC(=O)c1ccno1)C2)Nc1ccccc1Cl. The van der Waals surface area contributed by atoms with Crippen LogP contribution in [0.4, 0.5) is 5.69 Å². The summed E-state index contributed by atoms with van der Waals surface area (Å²) in [5.74, 6) is -0.0636. The molecular formula is C20H23ClN4O3. The molecular weight excluding hydrogens is 380 g/mol. The average Bonchev–Trinajstić information content (AvgIpc) is 3.19. The summed E-state index contributed by atoms with van der Waals surface area (Å²) in [4.78, 5) is 27.1. The van der Waals surface area contributed by atoms with E-state index in [-0.39, 0.29) is 35.7 Å². The van der Waals surface area contributed by atoms with Gasteiger partial charge in [0.25, 0.3) is 5.91 Å². The Morgan fingerprint density at radius 2 is 1.93 bits per heavy atom. The van der Waals surface area contributed by atoms with E-state index >= 15 is 0 Å². The van der Waals surface area contributed by atoms with Gasteiger partial charge in [-0.3, -0.25) is 14.5 Å². The van der Waals surface area contributed by atoms with Crippen LogP contribution >= 0.6 is 11.6 Å². The number of carbonyl (C=O) groups excluding carboxylic acids is 2. The molecule has 0 aliphatic carbocycles. The number of aromatic nitrogens is 1. The zero-order chi connectivity index (χ0) is 19.5. The summed E-state index contributed by atoms with van der Waals surface area (Å²) < 4.78 is 4.93. The lowest BCUT2D eigenvalue weighted by Gasteiger charge is -2.48. The second-order valence-electron chi connectivity index (χ2n) is 7.46. The molecule has 7 nitrogen and oxygen atoms in total. The maximum absolute atomic E-state index is 12.6. The number of amides is 2. The number of rotatable bonds is 5. The van der Waals surface area contributed by atoms with Crippen molar-refractivity contribution in [1.82, 2.24) is 15.4 Å². The van der Waals surface area contributed by atoms with E-state index in [1.54, 1.807) is 18.2 Å². The summed E-state index contributed by atoms with van der Waals surface area (Å²) in [5, 5.41) is 10.1. The summed E-state index contributed by atoms with van der Waals surface area (Å²) in [6.07, 6.45) is 6.34. The van der Waals surface area contributed by atoms with E-state index in [1.807, 2.05) is 12.1 Å². The van der Waals surface area contributed by atoms with E-state index < -0.39 is 0 Å². The molecule has 2 fully saturated rings. The first kappa shape index (κ1) is 19.0. The number of hydrogen-bond acceptors (Lipinski definition) is 5. The van der Waals surface area contributed by atoms with E-state index in [9.17, 15) is 9.59 Å². The highest BCUT2D eigenvalue weighted by Crippen LogP contribution is 2.34. The van der Waals surface area contributed by atoms with Crippen LogP contribution in [0.2, 0.25) is 5.02 Å². The van der Waals surface area contributed by atoms with Crippen molar-refractivity contribution >= 4 is 29.1 Å². The number of para-hydroxylation sites is 1. The van der Waals surface area contributed by atoms with Gasteiger partial charge in [0.05, 0.1) is 23.5 Å². The number of fused-ring (bicyclic) bond motifs is 2. The van der Waals surface area contributed by atoms with Gasteiger partial charge in [-0.25, -0.2) is 0 Å². The summed E-state index contributed by atoms with van der Waals surface area (Å²) in [7, 11) is 0. The Hall–Kier alpha value is -2.38. The topological polar surface area (TPSA) is 87.5 Å². The summed E-state index contributed by atoms with van der Waals surface area (Å²) in [6.45, 7) is 0.337. The molecule has 4 rings (SSSR count). The molecule has 2 aromatic rings. The number of carbonyl (C=O) groups is 2. The molecule has 148 valence electrons. The molecule has 1 aromatic heterocycles. The van der Waals surface area contributed by atoms with Crippen molar-refractivity contribution in [2.45, 2.75) is 50.2 Å². The van der Waals surface area contributed by atoms with Crippen molar-refractivity contribution in [1.29, 1.82) is 0 Å². The van der Waals surface area contributed by atoms with Gasteiger partial charge in [0.1, 0.15) is 0 Å². The zero-order valence-corrected chi connectivity index (χ0v) is 16.2. The van der Waals surface area contributed by atoms with Crippen molar-refractivity contribution in [2.75, 3.05) is 11.9 Å². The van der Waals surface area contributed by atoms with Gasteiger partial charge in [0, 0.05) is 24.2 Å². The van der Waals surface area contributed by atoms with Crippen LogP contribution in [0.25, 0.3) is 0 Å². The molecule has 2 unspecified atom stereocenters. The predicted molar refractivity (Wildman–Crippen MR) is 105 cm³/mol. The first-order valence-corrected chi connectivity index (χ1v) is 9.99. The molecule has 2 bridgehead atoms. The molecule has 2 aliphatic rings. The fourth-order valence-corrected chi connectivity index (χ4v) is 4.55. The van der Waals surface area contributed by atoms with Gasteiger partial charge in [0.2, 0.25) is 11.7 Å². The van der Waals surface area contributed by atoms with Gasteiger partial charge in [0.15, 0.2) is 0 Å². The number of benzene rings is 1. The lowest BCUT2D eigenvalue weighted by molar-refractivity contribution is -0.120. The summed E-state index contributed by atoms with van der Waals surface area (Å²) in [6, 6.07) is 9.44. The molecule has 2 saturated heterocycles. The first-order valence-electron chi connectivity index (χ1n) is 9.62. The van der Waals surface area contributed by atoms with E-state index in [1.165, 1.54) is 6.20 Å². The van der Waals surface area contributed by atoms with Crippen molar-refractivity contribution in [3.05, 3.63) is 47.3 Å². The molecule has 0 radical (unpaired) electrons. The monoisotopic (exact) mass is 402 g/mol. The van der Waals surface area contributed by atoms with Crippen molar-refractivity contribution < 1.29 is 14.1 Å². The lowest BCUT2D eigenvalue weighted by Crippen LogP contribution is -2.58. The fraction of sp³-hybridized carbons (Fsp3) is 0.450. The Bertz CT molecular complexity index is 828. The van der Waals surface area contributed by atoms with Crippen LogP contribution in [-0.4, -0.2) is 46.5 Å². The first-order chi connectivity index (χ1) is 13.6. The predicted octanol–water partition coefficient (Wildman–Crippen LogP) is 3.08. The second kappa shape index (κ2) is 8.32. The van der Waals surface area contributed by atoms with Crippen molar-refractivity contribution in [3.63, 3.8) is 0 Å². The van der Waals surface area contributed by atoms with Gasteiger partial charge in [-0.05, 0) is 37.8 Å². The molecule has 0 saturated carbocycles. The Kier molecular flexibility index (Phi) is 5.64. The average molecular weight is 403 g/mol. The zero-order valence-electron chi connectivity index (χ0n) is 15.4. The minimum absolute atomic E-state index is 0.0610. The second-order valence-corrected chi connectivity index (χ2v) is 7.86. The van der Waals surface area contributed by atoms with Crippen molar-refractivity contribution in [3.8, 4) is 0 Å². The molecule has 3 heterocycles. The van der Waals surface area contributed by atoms with Gasteiger partial charge < -0.3 is 15.2 Å². The van der Waals surface area contributed by atoms with Crippen molar-refractivity contribution in [2.24, 2.45) is 0 Å². The molecule has 1 aromatic carbocycles. The van der Waals surface area contributed by atoms with E-state index in [0.29, 0.717) is 17.3 Å². The number of piperidine rings is 2. The third-order valence-corrected chi connectivity index (χ3v) is 5.93. The smallest absolute Gasteiger partial charge is 0.290 e. The Balaban J connectivity index is 1.36. The lowest BCUT2D eigenvalue weighted by atomic mass is 9.81. The summed E-state index contributed by atoms with van der Waals surface area (Å²) >= 11 is 6.14. The Morgan fingerprint density at radius 1 is 1.18 bits per heavy atom. The number of anilines is 1. The van der Waals surface area contributed by atoms with Crippen LogP contribution in [0.5, 0.6) is 0 Å². The van der Waals surface area contributed by atoms with E-state index in [4.69, 9.17) is 16.1 Å². The normalized spacial score (nSPS) is 24.5. The largest absolute Gasteiger partial charge is 0.351 e. The minimum Gasteiger partial charge on any atom is -0.351 e. The van der Waals surface area contributed by atoms with Crippen LogP contribution in [0.3, 0.4) is 0 Å². The molecule has 2 aliphatic heterocycles. The number of hydrogen-bond donors (Lipinski definition) is 2. The molecule has 8 heteroatoms. The Morgan fingerprint density at radius 3 is 2.61 bits per heavy atom. The number of nitrogens with one attached hydrogen (secondary N) is 2. The van der Waals surface area contributed by atoms with Crippen LogP contribution in [0, 0.1) is 0 Å². The third kappa shape index (κ3) is 4.20. The maximum atomic E-state index is 12.6. The highest BCUT2D eigenvalue weighted by molar-refractivity contribution is 6.33. The standard InChI is InChI=1S/C20H23ClN4O3/c21-16-6-1-2-7-17(16)24-19(26)12-25-14-4-3-5-15(25)11-13(10-14)23-20(27)18-8-9-22-28-18/h1-2,6-9,13-15H,3-5,10-12H2,(H,23,27)(H,24,26). The Labute approximate surface area is 168 Å². The molecule has 2 atom stereocenters. The highest BCUT2D eigenvalue weighted by Gasteiger charge is 2.39. The maximum Gasteiger partial charge on any atom is 0.290 e. The fourth-order valence-electron chi connectivity index (χ4n) is 4.36. The summed E-state index contributed by atoms with van der Waals surface area (Å²) in [5.41, 5.74) is 0.633. The third-order valence-electron chi connectivity index (χ3n) is 5.60. The van der Waals surface area contributed by atoms with E-state index in [2.05, 4.69) is 20.7 Å². The van der Waals surface area contributed by atoms with Gasteiger partial charge >= 0.3 is 0 Å². The van der Waals surface area contributed by atoms with E-state index in [0.717, 1.165) is 32.1 Å². The van der Waals surface area contributed by atoms with Gasteiger partial charge in [-0.1, -0.05) is 35.3 Å².